The summed E-state index contributed by atoms with van der Waals surface area (Å²) < 4.78 is 16.7. The summed E-state index contributed by atoms with van der Waals surface area (Å²) in [6, 6.07) is 14.1. The lowest BCUT2D eigenvalue weighted by Gasteiger charge is -2.03. The summed E-state index contributed by atoms with van der Waals surface area (Å²) in [7, 11) is 0. The first-order valence-electron chi connectivity index (χ1n) is 8.43. The molecule has 0 aliphatic rings. The van der Waals surface area contributed by atoms with Gasteiger partial charge in [-0.1, -0.05) is 41.0 Å². The highest BCUT2D eigenvalue weighted by molar-refractivity contribution is 6.33. The molecule has 0 radical (unpaired) electrons. The molecule has 2 aromatic carbocycles. The Bertz CT molecular complexity index is 1190. The molecule has 9 heteroatoms. The Morgan fingerprint density at radius 2 is 1.93 bits per heavy atom. The van der Waals surface area contributed by atoms with Gasteiger partial charge in [-0.2, -0.15) is 4.98 Å². The Hall–Kier alpha value is -3.39. The molecule has 0 bridgehead atoms. The molecule has 0 fully saturated rings. The van der Waals surface area contributed by atoms with Gasteiger partial charge in [0.25, 0.3) is 5.89 Å². The van der Waals surface area contributed by atoms with Crippen molar-refractivity contribution in [3.63, 3.8) is 0 Å². The van der Waals surface area contributed by atoms with E-state index in [0.29, 0.717) is 27.5 Å². The minimum atomic E-state index is -0.518. The average Bonchev–Trinajstić information content (AvgIpc) is 3.29. The van der Waals surface area contributed by atoms with Gasteiger partial charge >= 0.3 is 11.7 Å². The number of carbonyl (C=O) groups excluding carboxylic acids is 1. The molecular formula is C19H14ClN3O5. The largest absolute Gasteiger partial charge is 0.456 e. The Balaban J connectivity index is 1.36. The topological polar surface area (TPSA) is 100 Å². The molecule has 2 heterocycles. The summed E-state index contributed by atoms with van der Waals surface area (Å²) >= 11 is 6.10. The summed E-state index contributed by atoms with van der Waals surface area (Å²) in [5, 5.41) is 4.33. The third kappa shape index (κ3) is 3.67. The third-order valence-electron chi connectivity index (χ3n) is 4.05. The zero-order valence-corrected chi connectivity index (χ0v) is 15.3. The van der Waals surface area contributed by atoms with E-state index in [1.807, 2.05) is 0 Å². The molecule has 0 unspecified atom stereocenters. The maximum atomic E-state index is 12.0. The second kappa shape index (κ2) is 7.69. The summed E-state index contributed by atoms with van der Waals surface area (Å²) in [6.45, 7) is -0.0271. The van der Waals surface area contributed by atoms with E-state index in [1.165, 1.54) is 4.57 Å². The predicted molar refractivity (Wildman–Crippen MR) is 99.6 cm³/mol. The van der Waals surface area contributed by atoms with E-state index in [-0.39, 0.29) is 25.5 Å². The van der Waals surface area contributed by atoms with Crippen LogP contribution in [0.4, 0.5) is 0 Å². The molecule has 0 aliphatic carbocycles. The van der Waals surface area contributed by atoms with Crippen LogP contribution in [0.1, 0.15) is 12.3 Å². The number of aryl methyl sites for hydroxylation is 1. The highest BCUT2D eigenvalue weighted by Gasteiger charge is 2.14. The predicted octanol–water partition coefficient (Wildman–Crippen LogP) is 3.43. The smallest absolute Gasteiger partial charge is 0.419 e. The lowest BCUT2D eigenvalue weighted by atomic mass is 10.2. The van der Waals surface area contributed by atoms with Crippen molar-refractivity contribution in [1.29, 1.82) is 0 Å². The molecule has 0 N–H and O–H groups in total. The Morgan fingerprint density at radius 3 is 2.79 bits per heavy atom. The average molecular weight is 400 g/mol. The van der Waals surface area contributed by atoms with E-state index in [0.717, 1.165) is 0 Å². The Kier molecular flexibility index (Phi) is 4.94. The van der Waals surface area contributed by atoms with Crippen molar-refractivity contribution in [2.45, 2.75) is 19.6 Å². The molecule has 0 saturated carbocycles. The van der Waals surface area contributed by atoms with E-state index in [9.17, 15) is 9.59 Å². The fraction of sp³-hybridized carbons (Fsp3) is 0.158. The number of fused-ring (bicyclic) bond motifs is 1. The maximum absolute atomic E-state index is 12.0. The zero-order chi connectivity index (χ0) is 19.5. The van der Waals surface area contributed by atoms with Gasteiger partial charge in [0.05, 0.1) is 17.0 Å². The number of esters is 1. The van der Waals surface area contributed by atoms with Crippen LogP contribution in [-0.4, -0.2) is 20.7 Å². The number of halogens is 1. The van der Waals surface area contributed by atoms with Gasteiger partial charge in [0.2, 0.25) is 5.82 Å². The highest BCUT2D eigenvalue weighted by Crippen LogP contribution is 2.24. The summed E-state index contributed by atoms with van der Waals surface area (Å²) in [5.74, 6) is -0.563. The van der Waals surface area contributed by atoms with Gasteiger partial charge in [0.15, 0.2) is 12.2 Å². The van der Waals surface area contributed by atoms with Gasteiger partial charge in [-0.25, -0.2) is 4.79 Å². The minimum absolute atomic E-state index is 0.00502. The van der Waals surface area contributed by atoms with Gasteiger partial charge in [-0.05, 0) is 24.3 Å². The van der Waals surface area contributed by atoms with E-state index < -0.39 is 11.7 Å². The first kappa shape index (κ1) is 18.0. The summed E-state index contributed by atoms with van der Waals surface area (Å²) in [4.78, 5) is 28.1. The van der Waals surface area contributed by atoms with Gasteiger partial charge in [-0.3, -0.25) is 9.36 Å². The molecule has 4 aromatic rings. The highest BCUT2D eigenvalue weighted by atomic mass is 35.5. The molecule has 0 saturated heterocycles. The quantitative estimate of drug-likeness (QED) is 0.458. The molecule has 4 rings (SSSR count). The van der Waals surface area contributed by atoms with Crippen molar-refractivity contribution >= 4 is 28.7 Å². The number of oxazole rings is 1. The van der Waals surface area contributed by atoms with Crippen molar-refractivity contribution in [2.75, 3.05) is 0 Å². The van der Waals surface area contributed by atoms with E-state index >= 15 is 0 Å². The van der Waals surface area contributed by atoms with Crippen LogP contribution in [0.25, 0.3) is 22.5 Å². The van der Waals surface area contributed by atoms with Crippen LogP contribution in [0.5, 0.6) is 0 Å². The monoisotopic (exact) mass is 399 g/mol. The van der Waals surface area contributed by atoms with Crippen LogP contribution in [0.15, 0.2) is 62.3 Å². The zero-order valence-electron chi connectivity index (χ0n) is 14.5. The van der Waals surface area contributed by atoms with Crippen LogP contribution in [0.2, 0.25) is 5.02 Å². The van der Waals surface area contributed by atoms with Crippen molar-refractivity contribution < 1.29 is 18.5 Å². The maximum Gasteiger partial charge on any atom is 0.419 e. The van der Waals surface area contributed by atoms with Crippen molar-refractivity contribution in [1.82, 2.24) is 14.7 Å². The molecule has 0 aliphatic heterocycles. The number of rotatable bonds is 6. The van der Waals surface area contributed by atoms with Crippen LogP contribution >= 0.6 is 11.6 Å². The van der Waals surface area contributed by atoms with Gasteiger partial charge in [-0.15, -0.1) is 0 Å². The Morgan fingerprint density at radius 1 is 1.14 bits per heavy atom. The first-order valence-corrected chi connectivity index (χ1v) is 8.81. The molecule has 2 aromatic heterocycles. The van der Waals surface area contributed by atoms with Gasteiger partial charge in [0, 0.05) is 12.1 Å². The fourth-order valence-electron chi connectivity index (χ4n) is 2.71. The van der Waals surface area contributed by atoms with Gasteiger partial charge in [0.1, 0.15) is 0 Å². The molecule has 0 spiro atoms. The number of nitrogens with zero attached hydrogens (tertiary/aromatic N) is 3. The van der Waals surface area contributed by atoms with E-state index in [2.05, 4.69) is 10.1 Å². The molecule has 28 heavy (non-hydrogen) atoms. The van der Waals surface area contributed by atoms with E-state index in [1.54, 1.807) is 48.5 Å². The number of hydrogen-bond donors (Lipinski definition) is 0. The number of hydrogen-bond acceptors (Lipinski definition) is 7. The number of benzene rings is 2. The molecule has 8 nitrogen and oxygen atoms in total. The van der Waals surface area contributed by atoms with Gasteiger partial charge < -0.3 is 13.7 Å². The van der Waals surface area contributed by atoms with Crippen molar-refractivity contribution in [3.05, 3.63) is 70.0 Å². The van der Waals surface area contributed by atoms with Crippen LogP contribution in [-0.2, 0) is 22.7 Å². The van der Waals surface area contributed by atoms with Crippen LogP contribution in [0.3, 0.4) is 0 Å². The number of aromatic nitrogens is 3. The number of carbonyl (C=O) groups is 1. The summed E-state index contributed by atoms with van der Waals surface area (Å²) in [6.07, 6.45) is -0.00502. The molecule has 0 atom stereocenters. The fourth-order valence-corrected chi connectivity index (χ4v) is 2.93. The number of para-hydroxylation sites is 2. The minimum Gasteiger partial charge on any atom is -0.456 e. The second-order valence-corrected chi connectivity index (χ2v) is 6.30. The van der Waals surface area contributed by atoms with Crippen molar-refractivity contribution in [3.8, 4) is 11.4 Å². The van der Waals surface area contributed by atoms with Crippen LogP contribution < -0.4 is 5.76 Å². The SMILES string of the molecule is O=C(CCn1c(=O)oc2ccccc21)OCc1nc(-c2ccccc2Cl)no1. The third-order valence-corrected chi connectivity index (χ3v) is 4.38. The molecular weight excluding hydrogens is 386 g/mol. The second-order valence-electron chi connectivity index (χ2n) is 5.89. The first-order chi connectivity index (χ1) is 13.6. The lowest BCUT2D eigenvalue weighted by Crippen LogP contribution is -2.17. The summed E-state index contributed by atoms with van der Waals surface area (Å²) in [5.41, 5.74) is 1.72. The standard InChI is InChI=1S/C19H14ClN3O5/c20-13-6-2-1-5-12(13)18-21-16(28-22-18)11-26-17(24)9-10-23-14-7-3-4-8-15(14)27-19(23)25/h1-8H,9-11H2. The van der Waals surface area contributed by atoms with Crippen molar-refractivity contribution in [2.24, 2.45) is 0 Å². The lowest BCUT2D eigenvalue weighted by molar-refractivity contribution is -0.146. The van der Waals surface area contributed by atoms with Crippen LogP contribution in [0, 0.1) is 0 Å². The molecule has 142 valence electrons. The Labute approximate surface area is 163 Å². The normalized spacial score (nSPS) is 11.0. The van der Waals surface area contributed by atoms with E-state index in [4.69, 9.17) is 25.3 Å². The molecule has 0 amide bonds. The number of ether oxygens (including phenoxy) is 1.